The summed E-state index contributed by atoms with van der Waals surface area (Å²) in [6.45, 7) is 2.36. The molecule has 0 spiro atoms. The van der Waals surface area contributed by atoms with Gasteiger partial charge in [-0.25, -0.2) is 9.18 Å². The lowest BCUT2D eigenvalue weighted by Gasteiger charge is -2.13. The van der Waals surface area contributed by atoms with Crippen LogP contribution in [0.1, 0.15) is 6.92 Å². The van der Waals surface area contributed by atoms with E-state index in [0.29, 0.717) is 12.2 Å². The summed E-state index contributed by atoms with van der Waals surface area (Å²) in [4.78, 5) is 11.3. The normalized spacial score (nSPS) is 11.9. The quantitative estimate of drug-likeness (QED) is 0.825. The van der Waals surface area contributed by atoms with Crippen molar-refractivity contribution in [2.75, 3.05) is 18.9 Å². The molecule has 0 aromatic heterocycles. The average molecular weight is 226 g/mol. The molecule has 0 aliphatic heterocycles. The van der Waals surface area contributed by atoms with Gasteiger partial charge in [0.15, 0.2) is 0 Å². The van der Waals surface area contributed by atoms with Crippen LogP contribution < -0.4 is 10.6 Å². The molecule has 0 radical (unpaired) electrons. The first-order valence-corrected chi connectivity index (χ1v) is 4.99. The van der Waals surface area contributed by atoms with E-state index in [1.165, 1.54) is 24.3 Å². The van der Waals surface area contributed by atoms with Crippen molar-refractivity contribution < 1.29 is 13.9 Å². The summed E-state index contributed by atoms with van der Waals surface area (Å²) in [5.41, 5.74) is 0.503. The Balaban J connectivity index is 2.42. The number of carbonyl (C=O) groups excluding carboxylic acids is 1. The minimum atomic E-state index is -0.547. The molecular formula is C11H15FN2O2. The molecule has 0 aliphatic rings. The zero-order valence-electron chi connectivity index (χ0n) is 9.29. The van der Waals surface area contributed by atoms with E-state index in [1.807, 2.05) is 0 Å². The molecule has 5 heteroatoms. The second kappa shape index (κ2) is 6.07. The Bertz CT molecular complexity index is 340. The summed E-state index contributed by atoms with van der Waals surface area (Å²) in [6.07, 6.45) is -0.764. The highest BCUT2D eigenvalue weighted by molar-refractivity contribution is 5.84. The van der Waals surface area contributed by atoms with Crippen LogP contribution in [0, 0.1) is 5.82 Å². The molecule has 0 heterocycles. The van der Waals surface area contributed by atoms with Crippen LogP contribution >= 0.6 is 0 Å². The number of ether oxygens (including phenoxy) is 1. The lowest BCUT2D eigenvalue weighted by atomic mass is 10.3. The van der Waals surface area contributed by atoms with Gasteiger partial charge in [0, 0.05) is 12.2 Å². The minimum absolute atomic E-state index is 0.217. The van der Waals surface area contributed by atoms with Gasteiger partial charge in [-0.05, 0) is 38.2 Å². The SMILES string of the molecule is CNCC(C)OC(=O)Nc1ccc(F)cc1. The van der Waals surface area contributed by atoms with Crippen molar-refractivity contribution in [1.29, 1.82) is 0 Å². The summed E-state index contributed by atoms with van der Waals surface area (Å²) in [6, 6.07) is 5.48. The van der Waals surface area contributed by atoms with Crippen LogP contribution in [0.4, 0.5) is 14.9 Å². The van der Waals surface area contributed by atoms with Crippen molar-refractivity contribution in [2.45, 2.75) is 13.0 Å². The molecule has 0 saturated heterocycles. The Morgan fingerprint density at radius 2 is 2.06 bits per heavy atom. The van der Waals surface area contributed by atoms with E-state index in [9.17, 15) is 9.18 Å². The molecule has 1 unspecified atom stereocenters. The number of hydrogen-bond donors (Lipinski definition) is 2. The zero-order chi connectivity index (χ0) is 12.0. The zero-order valence-corrected chi connectivity index (χ0v) is 9.29. The van der Waals surface area contributed by atoms with Gasteiger partial charge in [0.05, 0.1) is 0 Å². The van der Waals surface area contributed by atoms with E-state index in [4.69, 9.17) is 4.74 Å². The van der Waals surface area contributed by atoms with E-state index >= 15 is 0 Å². The Morgan fingerprint density at radius 3 is 2.62 bits per heavy atom. The number of benzene rings is 1. The maximum Gasteiger partial charge on any atom is 0.411 e. The number of amides is 1. The lowest BCUT2D eigenvalue weighted by molar-refractivity contribution is 0.121. The third-order valence-corrected chi connectivity index (χ3v) is 1.89. The van der Waals surface area contributed by atoms with Crippen LogP contribution in [0.3, 0.4) is 0 Å². The van der Waals surface area contributed by atoms with E-state index in [1.54, 1.807) is 14.0 Å². The number of hydrogen-bond acceptors (Lipinski definition) is 3. The fourth-order valence-corrected chi connectivity index (χ4v) is 1.19. The van der Waals surface area contributed by atoms with Gasteiger partial charge in [-0.2, -0.15) is 0 Å². The van der Waals surface area contributed by atoms with Crippen LogP contribution in [0.15, 0.2) is 24.3 Å². The van der Waals surface area contributed by atoms with Crippen LogP contribution in [-0.4, -0.2) is 25.8 Å². The van der Waals surface area contributed by atoms with Gasteiger partial charge in [0.1, 0.15) is 11.9 Å². The van der Waals surface area contributed by atoms with Crippen molar-refractivity contribution in [3.05, 3.63) is 30.1 Å². The summed E-state index contributed by atoms with van der Waals surface area (Å²) in [7, 11) is 1.78. The Kier molecular flexibility index (Phi) is 4.72. The molecule has 2 N–H and O–H groups in total. The first-order chi connectivity index (χ1) is 7.61. The van der Waals surface area contributed by atoms with Crippen LogP contribution in [-0.2, 0) is 4.74 Å². The number of carbonyl (C=O) groups is 1. The molecular weight excluding hydrogens is 211 g/mol. The molecule has 4 nitrogen and oxygen atoms in total. The first-order valence-electron chi connectivity index (χ1n) is 4.99. The number of likely N-dealkylation sites (N-methyl/N-ethyl adjacent to an activating group) is 1. The summed E-state index contributed by atoms with van der Waals surface area (Å²) < 4.78 is 17.6. The molecule has 1 atom stereocenters. The standard InChI is InChI=1S/C11H15FN2O2/c1-8(7-13-2)16-11(15)14-10-5-3-9(12)4-6-10/h3-6,8,13H,7H2,1-2H3,(H,14,15). The Morgan fingerprint density at radius 1 is 1.44 bits per heavy atom. The maximum absolute atomic E-state index is 12.6. The molecule has 16 heavy (non-hydrogen) atoms. The molecule has 1 rings (SSSR count). The monoisotopic (exact) mass is 226 g/mol. The highest BCUT2D eigenvalue weighted by Crippen LogP contribution is 2.08. The van der Waals surface area contributed by atoms with Gasteiger partial charge in [-0.1, -0.05) is 0 Å². The largest absolute Gasteiger partial charge is 0.445 e. The molecule has 0 fully saturated rings. The predicted octanol–water partition coefficient (Wildman–Crippen LogP) is 1.98. The topological polar surface area (TPSA) is 50.4 Å². The summed E-state index contributed by atoms with van der Waals surface area (Å²) in [5.74, 6) is -0.345. The second-order valence-corrected chi connectivity index (χ2v) is 3.41. The van der Waals surface area contributed by atoms with Gasteiger partial charge in [0.2, 0.25) is 0 Å². The van der Waals surface area contributed by atoms with Crippen molar-refractivity contribution in [1.82, 2.24) is 5.32 Å². The van der Waals surface area contributed by atoms with Crippen molar-refractivity contribution >= 4 is 11.8 Å². The molecule has 1 aromatic rings. The molecule has 0 bridgehead atoms. The van der Waals surface area contributed by atoms with Crippen molar-refractivity contribution in [2.24, 2.45) is 0 Å². The fourth-order valence-electron chi connectivity index (χ4n) is 1.19. The Hall–Kier alpha value is -1.62. The van der Waals surface area contributed by atoms with Crippen LogP contribution in [0.2, 0.25) is 0 Å². The molecule has 0 aliphatic carbocycles. The molecule has 1 aromatic carbocycles. The summed E-state index contributed by atoms with van der Waals surface area (Å²) >= 11 is 0. The first kappa shape index (κ1) is 12.4. The van der Waals surface area contributed by atoms with Crippen molar-refractivity contribution in [3.63, 3.8) is 0 Å². The average Bonchev–Trinajstić information content (AvgIpc) is 2.21. The number of nitrogens with one attached hydrogen (secondary N) is 2. The number of anilines is 1. The summed E-state index contributed by atoms with van der Waals surface area (Å²) in [5, 5.41) is 5.39. The smallest absolute Gasteiger partial charge is 0.411 e. The number of halogens is 1. The molecule has 1 amide bonds. The van der Waals surface area contributed by atoms with E-state index in [0.717, 1.165) is 0 Å². The van der Waals surface area contributed by atoms with E-state index in [2.05, 4.69) is 10.6 Å². The molecule has 0 saturated carbocycles. The highest BCUT2D eigenvalue weighted by Gasteiger charge is 2.08. The van der Waals surface area contributed by atoms with E-state index in [-0.39, 0.29) is 11.9 Å². The van der Waals surface area contributed by atoms with Gasteiger partial charge >= 0.3 is 6.09 Å². The Labute approximate surface area is 93.8 Å². The van der Waals surface area contributed by atoms with Gasteiger partial charge in [-0.3, -0.25) is 5.32 Å². The minimum Gasteiger partial charge on any atom is -0.445 e. The van der Waals surface area contributed by atoms with Gasteiger partial charge < -0.3 is 10.1 Å². The third-order valence-electron chi connectivity index (χ3n) is 1.89. The van der Waals surface area contributed by atoms with Gasteiger partial charge in [0.25, 0.3) is 0 Å². The second-order valence-electron chi connectivity index (χ2n) is 3.41. The lowest BCUT2D eigenvalue weighted by Crippen LogP contribution is -2.28. The van der Waals surface area contributed by atoms with Gasteiger partial charge in [-0.15, -0.1) is 0 Å². The third kappa shape index (κ3) is 4.27. The fraction of sp³-hybridized carbons (Fsp3) is 0.364. The molecule has 88 valence electrons. The number of rotatable bonds is 4. The highest BCUT2D eigenvalue weighted by atomic mass is 19.1. The van der Waals surface area contributed by atoms with Crippen LogP contribution in [0.5, 0.6) is 0 Å². The van der Waals surface area contributed by atoms with Crippen molar-refractivity contribution in [3.8, 4) is 0 Å². The maximum atomic E-state index is 12.6. The van der Waals surface area contributed by atoms with Crippen LogP contribution in [0.25, 0.3) is 0 Å². The predicted molar refractivity (Wildman–Crippen MR) is 59.9 cm³/mol. The van der Waals surface area contributed by atoms with E-state index < -0.39 is 6.09 Å².